The monoisotopic (exact) mass is 220 g/mol. The van der Waals surface area contributed by atoms with Crippen LogP contribution in [0.2, 0.25) is 0 Å². The zero-order chi connectivity index (χ0) is 12.0. The molecule has 4 nitrogen and oxygen atoms in total. The highest BCUT2D eigenvalue weighted by Crippen LogP contribution is 2.16. The fraction of sp³-hybridized carbons (Fsp3) is 0.250. The number of allylic oxidation sites excluding steroid dienone is 1. The average Bonchev–Trinajstić information content (AvgIpc) is 2.26. The van der Waals surface area contributed by atoms with Crippen molar-refractivity contribution < 1.29 is 9.53 Å². The Bertz CT molecular complexity index is 388. The summed E-state index contributed by atoms with van der Waals surface area (Å²) in [6, 6.07) is 7.28. The van der Waals surface area contributed by atoms with E-state index in [4.69, 9.17) is 4.74 Å². The molecule has 1 aromatic carbocycles. The minimum Gasteiger partial charge on any atom is -0.496 e. The van der Waals surface area contributed by atoms with E-state index in [-0.39, 0.29) is 6.03 Å². The third-order valence-corrected chi connectivity index (χ3v) is 1.96. The van der Waals surface area contributed by atoms with Crippen LogP contribution in [0.4, 0.5) is 4.79 Å². The first-order chi connectivity index (χ1) is 7.63. The quantitative estimate of drug-likeness (QED) is 0.815. The minimum atomic E-state index is -0.265. The second kappa shape index (κ2) is 5.80. The van der Waals surface area contributed by atoms with Crippen molar-refractivity contribution in [3.05, 3.63) is 42.1 Å². The van der Waals surface area contributed by atoms with E-state index in [0.717, 1.165) is 11.3 Å². The largest absolute Gasteiger partial charge is 0.496 e. The lowest BCUT2D eigenvalue weighted by Gasteiger charge is -2.10. The van der Waals surface area contributed by atoms with E-state index < -0.39 is 0 Å². The number of urea groups is 1. The molecule has 1 aromatic rings. The van der Waals surface area contributed by atoms with Crippen molar-refractivity contribution in [2.24, 2.45) is 0 Å². The van der Waals surface area contributed by atoms with E-state index in [9.17, 15) is 4.79 Å². The number of benzene rings is 1. The number of carbonyl (C=O) groups excluding carboxylic acids is 1. The molecule has 0 heterocycles. The molecular formula is C12H16N2O2. The number of ether oxygens (including phenoxy) is 1. The molecule has 0 saturated heterocycles. The molecule has 0 aromatic heterocycles. The molecule has 0 aliphatic rings. The molecular weight excluding hydrogens is 204 g/mol. The van der Waals surface area contributed by atoms with Crippen LogP contribution in [0.3, 0.4) is 0 Å². The molecule has 0 atom stereocenters. The number of amides is 2. The molecule has 0 spiro atoms. The predicted octanol–water partition coefficient (Wildman–Crippen LogP) is 2.03. The van der Waals surface area contributed by atoms with Gasteiger partial charge in [-0.15, -0.1) is 0 Å². The van der Waals surface area contributed by atoms with Crippen LogP contribution in [0.1, 0.15) is 12.5 Å². The number of nitrogens with one attached hydrogen (secondary N) is 2. The molecule has 16 heavy (non-hydrogen) atoms. The summed E-state index contributed by atoms with van der Waals surface area (Å²) in [6.45, 7) is 5.73. The first-order valence-corrected chi connectivity index (χ1v) is 4.95. The summed E-state index contributed by atoms with van der Waals surface area (Å²) in [6.07, 6.45) is 0. The van der Waals surface area contributed by atoms with Crippen molar-refractivity contribution in [1.82, 2.24) is 10.6 Å². The molecule has 0 aliphatic heterocycles. The first kappa shape index (κ1) is 12.1. The molecule has 2 amide bonds. The zero-order valence-electron chi connectivity index (χ0n) is 9.54. The average molecular weight is 220 g/mol. The van der Waals surface area contributed by atoms with Gasteiger partial charge in [0.05, 0.1) is 7.11 Å². The Morgan fingerprint density at radius 1 is 1.44 bits per heavy atom. The SMILES string of the molecule is C=C(C)NC(=O)NCc1ccccc1OC. The Morgan fingerprint density at radius 3 is 2.75 bits per heavy atom. The van der Waals surface area contributed by atoms with Crippen molar-refractivity contribution in [3.8, 4) is 5.75 Å². The van der Waals surface area contributed by atoms with Gasteiger partial charge in [-0.3, -0.25) is 0 Å². The van der Waals surface area contributed by atoms with Crippen molar-refractivity contribution in [2.45, 2.75) is 13.5 Å². The minimum absolute atomic E-state index is 0.265. The van der Waals surface area contributed by atoms with Gasteiger partial charge in [-0.1, -0.05) is 24.8 Å². The maximum atomic E-state index is 11.3. The van der Waals surface area contributed by atoms with Crippen LogP contribution in [-0.4, -0.2) is 13.1 Å². The Labute approximate surface area is 95.3 Å². The van der Waals surface area contributed by atoms with Crippen LogP contribution in [-0.2, 0) is 6.54 Å². The van der Waals surface area contributed by atoms with Crippen LogP contribution in [0.15, 0.2) is 36.5 Å². The Hall–Kier alpha value is -1.97. The van der Waals surface area contributed by atoms with Gasteiger partial charge in [-0.25, -0.2) is 4.79 Å². The zero-order valence-corrected chi connectivity index (χ0v) is 9.54. The summed E-state index contributed by atoms with van der Waals surface area (Å²) in [5.41, 5.74) is 1.54. The Morgan fingerprint density at radius 2 is 2.12 bits per heavy atom. The van der Waals surface area contributed by atoms with Crippen LogP contribution < -0.4 is 15.4 Å². The van der Waals surface area contributed by atoms with E-state index in [1.807, 2.05) is 24.3 Å². The van der Waals surface area contributed by atoms with Gasteiger partial charge < -0.3 is 15.4 Å². The molecule has 0 fully saturated rings. The topological polar surface area (TPSA) is 50.4 Å². The third-order valence-electron chi connectivity index (χ3n) is 1.96. The number of hydrogen-bond donors (Lipinski definition) is 2. The summed E-state index contributed by atoms with van der Waals surface area (Å²) in [4.78, 5) is 11.3. The fourth-order valence-electron chi connectivity index (χ4n) is 1.26. The van der Waals surface area contributed by atoms with Gasteiger partial charge in [0.15, 0.2) is 0 Å². The van der Waals surface area contributed by atoms with Gasteiger partial charge in [0, 0.05) is 17.8 Å². The molecule has 4 heteroatoms. The van der Waals surface area contributed by atoms with E-state index in [2.05, 4.69) is 17.2 Å². The van der Waals surface area contributed by atoms with Gasteiger partial charge in [0.2, 0.25) is 0 Å². The summed E-state index contributed by atoms with van der Waals surface area (Å²) >= 11 is 0. The summed E-state index contributed by atoms with van der Waals surface area (Å²) in [5.74, 6) is 0.762. The van der Waals surface area contributed by atoms with E-state index in [1.165, 1.54) is 0 Å². The molecule has 2 N–H and O–H groups in total. The van der Waals surface area contributed by atoms with Crippen molar-refractivity contribution in [1.29, 1.82) is 0 Å². The fourth-order valence-corrected chi connectivity index (χ4v) is 1.26. The molecule has 0 saturated carbocycles. The molecule has 1 rings (SSSR count). The molecule has 0 radical (unpaired) electrons. The van der Waals surface area contributed by atoms with Gasteiger partial charge in [-0.2, -0.15) is 0 Å². The number of methoxy groups -OCH3 is 1. The lowest BCUT2D eigenvalue weighted by Crippen LogP contribution is -2.33. The molecule has 0 aliphatic carbocycles. The number of para-hydroxylation sites is 1. The standard InChI is InChI=1S/C12H16N2O2/c1-9(2)14-12(15)13-8-10-6-4-5-7-11(10)16-3/h4-7H,1,8H2,2-3H3,(H2,13,14,15). The number of rotatable bonds is 4. The number of hydrogen-bond acceptors (Lipinski definition) is 2. The van der Waals surface area contributed by atoms with E-state index in [0.29, 0.717) is 12.2 Å². The summed E-state index contributed by atoms with van der Waals surface area (Å²) < 4.78 is 5.17. The second-order valence-corrected chi connectivity index (χ2v) is 3.40. The Kier molecular flexibility index (Phi) is 4.39. The van der Waals surface area contributed by atoms with Gasteiger partial charge in [-0.05, 0) is 13.0 Å². The smallest absolute Gasteiger partial charge is 0.319 e. The maximum Gasteiger partial charge on any atom is 0.319 e. The van der Waals surface area contributed by atoms with Gasteiger partial charge in [0.1, 0.15) is 5.75 Å². The van der Waals surface area contributed by atoms with Crippen molar-refractivity contribution >= 4 is 6.03 Å². The molecule has 0 unspecified atom stereocenters. The second-order valence-electron chi connectivity index (χ2n) is 3.40. The van der Waals surface area contributed by atoms with Crippen LogP contribution in [0, 0.1) is 0 Å². The predicted molar refractivity (Wildman–Crippen MR) is 63.2 cm³/mol. The van der Waals surface area contributed by atoms with Crippen molar-refractivity contribution in [3.63, 3.8) is 0 Å². The third kappa shape index (κ3) is 3.65. The summed E-state index contributed by atoms with van der Waals surface area (Å²) in [7, 11) is 1.60. The van der Waals surface area contributed by atoms with Gasteiger partial charge in [0.25, 0.3) is 0 Å². The van der Waals surface area contributed by atoms with Crippen LogP contribution >= 0.6 is 0 Å². The molecule has 86 valence electrons. The van der Waals surface area contributed by atoms with Gasteiger partial charge >= 0.3 is 6.03 Å². The highest BCUT2D eigenvalue weighted by molar-refractivity contribution is 5.75. The summed E-state index contributed by atoms with van der Waals surface area (Å²) in [5, 5.41) is 5.28. The maximum absolute atomic E-state index is 11.3. The Balaban J connectivity index is 2.54. The molecule has 0 bridgehead atoms. The normalized spacial score (nSPS) is 9.38. The number of carbonyl (C=O) groups is 1. The highest BCUT2D eigenvalue weighted by Gasteiger charge is 2.03. The van der Waals surface area contributed by atoms with E-state index in [1.54, 1.807) is 14.0 Å². The highest BCUT2D eigenvalue weighted by atomic mass is 16.5. The first-order valence-electron chi connectivity index (χ1n) is 4.95. The van der Waals surface area contributed by atoms with Crippen LogP contribution in [0.5, 0.6) is 5.75 Å². The van der Waals surface area contributed by atoms with E-state index >= 15 is 0 Å². The lowest BCUT2D eigenvalue weighted by molar-refractivity contribution is 0.243. The lowest BCUT2D eigenvalue weighted by atomic mass is 10.2. The van der Waals surface area contributed by atoms with Crippen LogP contribution in [0.25, 0.3) is 0 Å². The van der Waals surface area contributed by atoms with Crippen molar-refractivity contribution in [2.75, 3.05) is 7.11 Å².